The van der Waals surface area contributed by atoms with Gasteiger partial charge in [0, 0.05) is 5.92 Å². The van der Waals surface area contributed by atoms with Gasteiger partial charge in [-0.25, -0.2) is 0 Å². The predicted molar refractivity (Wildman–Crippen MR) is 72.0 cm³/mol. The van der Waals surface area contributed by atoms with Crippen molar-refractivity contribution in [3.63, 3.8) is 0 Å². The molecule has 0 bridgehead atoms. The third kappa shape index (κ3) is 5.39. The quantitative estimate of drug-likeness (QED) is 0.739. The zero-order valence-corrected chi connectivity index (χ0v) is 12.0. The molecule has 102 valence electrons. The molecule has 1 aliphatic carbocycles. The Bertz CT molecular complexity index is 195. The summed E-state index contributed by atoms with van der Waals surface area (Å²) in [6, 6.07) is 0. The number of hydrogen-bond acceptors (Lipinski definition) is 2. The fourth-order valence-corrected chi connectivity index (χ4v) is 2.71. The van der Waals surface area contributed by atoms with Crippen LogP contribution in [0.1, 0.15) is 59.8 Å². The summed E-state index contributed by atoms with van der Waals surface area (Å²) in [6.45, 7) is 9.44. The molecule has 1 aliphatic rings. The van der Waals surface area contributed by atoms with Crippen molar-refractivity contribution in [3.8, 4) is 0 Å². The van der Waals surface area contributed by atoms with Gasteiger partial charge >= 0.3 is 0 Å². The molecule has 0 aromatic carbocycles. The summed E-state index contributed by atoms with van der Waals surface area (Å²) in [5.41, 5.74) is 0. The first kappa shape index (κ1) is 15.0. The molecule has 17 heavy (non-hydrogen) atoms. The molecule has 1 saturated carbocycles. The van der Waals surface area contributed by atoms with E-state index in [1.807, 2.05) is 0 Å². The van der Waals surface area contributed by atoms with Crippen LogP contribution >= 0.6 is 0 Å². The Hall–Kier alpha value is -0.0800. The molecule has 2 atom stereocenters. The highest BCUT2D eigenvalue weighted by Gasteiger charge is 2.25. The highest BCUT2D eigenvalue weighted by molar-refractivity contribution is 4.75. The molecule has 1 rings (SSSR count). The van der Waals surface area contributed by atoms with E-state index in [0.29, 0.717) is 17.9 Å². The van der Waals surface area contributed by atoms with Crippen LogP contribution in [0.25, 0.3) is 0 Å². The predicted octanol–water partition coefficient (Wildman–Crippen LogP) is 3.62. The van der Waals surface area contributed by atoms with Crippen molar-refractivity contribution in [2.24, 2.45) is 17.8 Å². The maximum Gasteiger partial charge on any atom is 0.0595 e. The lowest BCUT2D eigenvalue weighted by molar-refractivity contribution is -0.0297. The van der Waals surface area contributed by atoms with Gasteiger partial charge in [-0.15, -0.1) is 0 Å². The Morgan fingerprint density at radius 1 is 1.12 bits per heavy atom. The molecule has 0 heterocycles. The van der Waals surface area contributed by atoms with Crippen LogP contribution in [0.2, 0.25) is 0 Å². The summed E-state index contributed by atoms with van der Waals surface area (Å²) in [5, 5.41) is 10.2. The first-order valence-corrected chi connectivity index (χ1v) is 7.30. The summed E-state index contributed by atoms with van der Waals surface area (Å²) in [6.07, 6.45) is 6.18. The van der Waals surface area contributed by atoms with Gasteiger partial charge in [-0.3, -0.25) is 0 Å². The topological polar surface area (TPSA) is 29.5 Å². The fraction of sp³-hybridized carbons (Fsp3) is 1.00. The van der Waals surface area contributed by atoms with Crippen molar-refractivity contribution in [1.29, 1.82) is 0 Å². The first-order valence-electron chi connectivity index (χ1n) is 7.30. The van der Waals surface area contributed by atoms with Gasteiger partial charge in [0.1, 0.15) is 0 Å². The minimum Gasteiger partial charge on any atom is -0.393 e. The maximum atomic E-state index is 10.2. The van der Waals surface area contributed by atoms with E-state index >= 15 is 0 Å². The second-order valence-electron chi connectivity index (χ2n) is 6.34. The number of rotatable bonds is 7. The zero-order valence-electron chi connectivity index (χ0n) is 12.0. The molecular formula is C15H30O2. The first-order chi connectivity index (χ1) is 8.00. The molecule has 0 radical (unpaired) electrons. The SMILES string of the molecule is CC(C)C[C@@H](O)[C@H](COC1CCCC1)C(C)C. The fourth-order valence-electron chi connectivity index (χ4n) is 2.71. The largest absolute Gasteiger partial charge is 0.393 e. The Labute approximate surface area is 107 Å². The van der Waals surface area contributed by atoms with Crippen LogP contribution in [-0.4, -0.2) is 23.9 Å². The van der Waals surface area contributed by atoms with Crippen LogP contribution in [0, 0.1) is 17.8 Å². The second-order valence-corrected chi connectivity index (χ2v) is 6.34. The smallest absolute Gasteiger partial charge is 0.0595 e. The summed E-state index contributed by atoms with van der Waals surface area (Å²) < 4.78 is 5.97. The average molecular weight is 242 g/mol. The maximum absolute atomic E-state index is 10.2. The lowest BCUT2D eigenvalue weighted by Gasteiger charge is -2.28. The molecule has 1 fully saturated rings. The van der Waals surface area contributed by atoms with Gasteiger partial charge in [0.25, 0.3) is 0 Å². The Balaban J connectivity index is 2.36. The Kier molecular flexibility index (Phi) is 6.50. The molecule has 2 nitrogen and oxygen atoms in total. The van der Waals surface area contributed by atoms with E-state index in [1.165, 1.54) is 25.7 Å². The molecule has 1 N–H and O–H groups in total. The summed E-state index contributed by atoms with van der Waals surface area (Å²) in [7, 11) is 0. The van der Waals surface area contributed by atoms with Crippen molar-refractivity contribution >= 4 is 0 Å². The molecular weight excluding hydrogens is 212 g/mol. The van der Waals surface area contributed by atoms with Gasteiger partial charge in [0.15, 0.2) is 0 Å². The van der Waals surface area contributed by atoms with Crippen molar-refractivity contribution in [2.45, 2.75) is 72.0 Å². The third-order valence-electron chi connectivity index (χ3n) is 3.89. The Morgan fingerprint density at radius 2 is 1.71 bits per heavy atom. The molecule has 0 unspecified atom stereocenters. The molecule has 0 aromatic rings. The van der Waals surface area contributed by atoms with E-state index in [-0.39, 0.29) is 12.0 Å². The molecule has 0 aliphatic heterocycles. The number of hydrogen-bond donors (Lipinski definition) is 1. The minimum absolute atomic E-state index is 0.212. The molecule has 0 aromatic heterocycles. The minimum atomic E-state index is -0.212. The van der Waals surface area contributed by atoms with Crippen molar-refractivity contribution < 1.29 is 9.84 Å². The molecule has 0 saturated heterocycles. The second kappa shape index (κ2) is 7.38. The molecule has 2 heteroatoms. The van der Waals surface area contributed by atoms with Crippen molar-refractivity contribution in [2.75, 3.05) is 6.61 Å². The van der Waals surface area contributed by atoms with E-state index in [0.717, 1.165) is 13.0 Å². The van der Waals surface area contributed by atoms with Gasteiger partial charge in [-0.1, -0.05) is 40.5 Å². The van der Waals surface area contributed by atoms with Gasteiger partial charge in [0.2, 0.25) is 0 Å². The number of ether oxygens (including phenoxy) is 1. The van der Waals surface area contributed by atoms with Crippen LogP contribution in [-0.2, 0) is 4.74 Å². The van der Waals surface area contributed by atoms with E-state index in [1.54, 1.807) is 0 Å². The van der Waals surface area contributed by atoms with Gasteiger partial charge < -0.3 is 9.84 Å². The van der Waals surface area contributed by atoms with E-state index in [2.05, 4.69) is 27.7 Å². The van der Waals surface area contributed by atoms with Crippen LogP contribution < -0.4 is 0 Å². The zero-order chi connectivity index (χ0) is 12.8. The Morgan fingerprint density at radius 3 is 2.18 bits per heavy atom. The van der Waals surface area contributed by atoms with Crippen LogP contribution in [0.4, 0.5) is 0 Å². The van der Waals surface area contributed by atoms with Crippen LogP contribution in [0.5, 0.6) is 0 Å². The summed E-state index contributed by atoms with van der Waals surface area (Å²) in [5.74, 6) is 1.33. The lowest BCUT2D eigenvalue weighted by atomic mass is 9.86. The normalized spacial score (nSPS) is 21.4. The number of aliphatic hydroxyl groups excluding tert-OH is 1. The standard InChI is InChI=1S/C15H30O2/c1-11(2)9-15(16)14(12(3)4)10-17-13-7-5-6-8-13/h11-16H,5-10H2,1-4H3/t14-,15-/m1/s1. The van der Waals surface area contributed by atoms with E-state index in [4.69, 9.17) is 4.74 Å². The summed E-state index contributed by atoms with van der Waals surface area (Å²) in [4.78, 5) is 0. The van der Waals surface area contributed by atoms with Gasteiger partial charge in [-0.05, 0) is 31.1 Å². The highest BCUT2D eigenvalue weighted by atomic mass is 16.5. The lowest BCUT2D eigenvalue weighted by Crippen LogP contribution is -2.32. The van der Waals surface area contributed by atoms with E-state index < -0.39 is 0 Å². The monoisotopic (exact) mass is 242 g/mol. The van der Waals surface area contributed by atoms with Gasteiger partial charge in [0.05, 0.1) is 18.8 Å². The van der Waals surface area contributed by atoms with Gasteiger partial charge in [-0.2, -0.15) is 0 Å². The van der Waals surface area contributed by atoms with E-state index in [9.17, 15) is 5.11 Å². The number of aliphatic hydroxyl groups is 1. The average Bonchev–Trinajstić information content (AvgIpc) is 2.68. The van der Waals surface area contributed by atoms with Crippen molar-refractivity contribution in [1.82, 2.24) is 0 Å². The van der Waals surface area contributed by atoms with Crippen LogP contribution in [0.15, 0.2) is 0 Å². The third-order valence-corrected chi connectivity index (χ3v) is 3.89. The summed E-state index contributed by atoms with van der Waals surface area (Å²) >= 11 is 0. The molecule has 0 amide bonds. The highest BCUT2D eigenvalue weighted by Crippen LogP contribution is 2.25. The van der Waals surface area contributed by atoms with Crippen LogP contribution in [0.3, 0.4) is 0 Å². The van der Waals surface area contributed by atoms with Crippen molar-refractivity contribution in [3.05, 3.63) is 0 Å². The molecule has 0 spiro atoms.